The van der Waals surface area contributed by atoms with Crippen molar-refractivity contribution in [2.24, 2.45) is 0 Å². The monoisotopic (exact) mass is 449 g/mol. The molecule has 0 aliphatic heterocycles. The molecule has 1 fully saturated rings. The fourth-order valence-corrected chi connectivity index (χ4v) is 3.37. The van der Waals surface area contributed by atoms with Crippen LogP contribution in [-0.2, 0) is 11.3 Å². The SMILES string of the molecule is O=C(Cn1nc(C2CC2)ccc1=O)NCCOc1ccc2nnc(-c3cccc(F)c3)n2n1. The number of ether oxygens (including phenoxy) is 1. The molecule has 0 unspecified atom stereocenters. The molecule has 1 saturated carbocycles. The van der Waals surface area contributed by atoms with E-state index in [1.807, 2.05) is 0 Å². The van der Waals surface area contributed by atoms with Crippen LogP contribution in [0.3, 0.4) is 0 Å². The second kappa shape index (κ2) is 8.77. The van der Waals surface area contributed by atoms with Crippen molar-refractivity contribution in [3.8, 4) is 17.3 Å². The first-order valence-electron chi connectivity index (χ1n) is 10.5. The number of amides is 1. The lowest BCUT2D eigenvalue weighted by molar-refractivity contribution is -0.122. The van der Waals surface area contributed by atoms with Gasteiger partial charge < -0.3 is 10.1 Å². The van der Waals surface area contributed by atoms with Crippen LogP contribution in [-0.4, -0.2) is 48.7 Å². The summed E-state index contributed by atoms with van der Waals surface area (Å²) in [6, 6.07) is 12.5. The molecule has 0 radical (unpaired) electrons. The zero-order valence-electron chi connectivity index (χ0n) is 17.5. The van der Waals surface area contributed by atoms with Crippen LogP contribution >= 0.6 is 0 Å². The molecule has 10 nitrogen and oxygen atoms in total. The van der Waals surface area contributed by atoms with Gasteiger partial charge in [-0.3, -0.25) is 9.59 Å². The zero-order valence-corrected chi connectivity index (χ0v) is 17.5. The second-order valence-electron chi connectivity index (χ2n) is 7.70. The molecular weight excluding hydrogens is 429 g/mol. The molecule has 1 N–H and O–H groups in total. The molecule has 1 aliphatic carbocycles. The Bertz CT molecular complexity index is 1380. The maximum atomic E-state index is 13.6. The number of carbonyl (C=O) groups excluding carboxylic acids is 1. The highest BCUT2D eigenvalue weighted by Gasteiger charge is 2.25. The maximum Gasteiger partial charge on any atom is 0.267 e. The number of nitrogens with one attached hydrogen (secondary N) is 1. The van der Waals surface area contributed by atoms with E-state index in [1.165, 1.54) is 27.4 Å². The number of halogens is 1. The lowest BCUT2D eigenvalue weighted by Gasteiger charge is -2.09. The molecule has 4 aromatic rings. The summed E-state index contributed by atoms with van der Waals surface area (Å²) in [5.74, 6) is 0.352. The number of hydrogen-bond donors (Lipinski definition) is 1. The Hall–Kier alpha value is -4.15. The Morgan fingerprint density at radius 3 is 2.82 bits per heavy atom. The van der Waals surface area contributed by atoms with Crippen LogP contribution in [0, 0.1) is 5.82 Å². The highest BCUT2D eigenvalue weighted by molar-refractivity contribution is 5.75. The molecule has 0 atom stereocenters. The molecular formula is C22H20FN7O3. The Balaban J connectivity index is 1.18. The van der Waals surface area contributed by atoms with E-state index in [2.05, 4.69) is 25.7 Å². The Labute approximate surface area is 187 Å². The molecule has 0 saturated heterocycles. The van der Waals surface area contributed by atoms with Crippen LogP contribution in [0.4, 0.5) is 4.39 Å². The molecule has 3 heterocycles. The van der Waals surface area contributed by atoms with Crippen LogP contribution < -0.4 is 15.6 Å². The van der Waals surface area contributed by atoms with Crippen molar-refractivity contribution >= 4 is 11.6 Å². The minimum atomic E-state index is -0.385. The van der Waals surface area contributed by atoms with Crippen molar-refractivity contribution in [1.82, 2.24) is 34.9 Å². The van der Waals surface area contributed by atoms with E-state index in [1.54, 1.807) is 30.3 Å². The number of rotatable bonds is 8. The van der Waals surface area contributed by atoms with Gasteiger partial charge in [-0.1, -0.05) is 12.1 Å². The van der Waals surface area contributed by atoms with Gasteiger partial charge in [0.25, 0.3) is 5.56 Å². The van der Waals surface area contributed by atoms with Crippen molar-refractivity contribution in [3.63, 3.8) is 0 Å². The summed E-state index contributed by atoms with van der Waals surface area (Å²) in [4.78, 5) is 24.2. The normalized spacial score (nSPS) is 13.2. The molecule has 33 heavy (non-hydrogen) atoms. The van der Waals surface area contributed by atoms with E-state index in [9.17, 15) is 14.0 Å². The fraction of sp³-hybridized carbons (Fsp3) is 0.273. The van der Waals surface area contributed by atoms with E-state index >= 15 is 0 Å². The number of aromatic nitrogens is 6. The largest absolute Gasteiger partial charge is 0.475 e. The Morgan fingerprint density at radius 1 is 1.12 bits per heavy atom. The molecule has 0 spiro atoms. The van der Waals surface area contributed by atoms with Gasteiger partial charge in [0.1, 0.15) is 19.0 Å². The van der Waals surface area contributed by atoms with Crippen molar-refractivity contribution in [3.05, 3.63) is 70.4 Å². The second-order valence-corrected chi connectivity index (χ2v) is 7.70. The zero-order chi connectivity index (χ0) is 22.8. The number of hydrogen-bond acceptors (Lipinski definition) is 7. The summed E-state index contributed by atoms with van der Waals surface area (Å²) in [6.45, 7) is 0.224. The van der Waals surface area contributed by atoms with Crippen LogP contribution in [0.15, 0.2) is 53.3 Å². The molecule has 0 bridgehead atoms. The predicted molar refractivity (Wildman–Crippen MR) is 115 cm³/mol. The van der Waals surface area contributed by atoms with Crippen molar-refractivity contribution in [1.29, 1.82) is 0 Å². The van der Waals surface area contributed by atoms with Gasteiger partial charge in [0.2, 0.25) is 11.8 Å². The number of fused-ring (bicyclic) bond motifs is 1. The first-order chi connectivity index (χ1) is 16.1. The quantitative estimate of drug-likeness (QED) is 0.406. The lowest BCUT2D eigenvalue weighted by Crippen LogP contribution is -2.35. The number of nitrogens with zero attached hydrogens (tertiary/aromatic N) is 6. The van der Waals surface area contributed by atoms with Crippen LogP contribution in [0.1, 0.15) is 24.5 Å². The van der Waals surface area contributed by atoms with E-state index < -0.39 is 0 Å². The highest BCUT2D eigenvalue weighted by Crippen LogP contribution is 2.38. The van der Waals surface area contributed by atoms with E-state index in [-0.39, 0.29) is 37.0 Å². The third kappa shape index (κ3) is 4.71. The highest BCUT2D eigenvalue weighted by atomic mass is 19.1. The molecule has 11 heteroatoms. The summed E-state index contributed by atoms with van der Waals surface area (Å²) in [5, 5.41) is 19.4. The fourth-order valence-electron chi connectivity index (χ4n) is 3.37. The maximum absolute atomic E-state index is 13.6. The first-order valence-corrected chi connectivity index (χ1v) is 10.5. The van der Waals surface area contributed by atoms with Crippen LogP contribution in [0.2, 0.25) is 0 Å². The molecule has 168 valence electrons. The minimum absolute atomic E-state index is 0.151. The number of carbonyl (C=O) groups is 1. The Morgan fingerprint density at radius 2 is 2.00 bits per heavy atom. The van der Waals surface area contributed by atoms with E-state index in [0.29, 0.717) is 28.8 Å². The Kier molecular flexibility index (Phi) is 5.51. The van der Waals surface area contributed by atoms with Crippen LogP contribution in [0.5, 0.6) is 5.88 Å². The topological polar surface area (TPSA) is 116 Å². The molecule has 5 rings (SSSR count). The third-order valence-electron chi connectivity index (χ3n) is 5.17. The lowest BCUT2D eigenvalue weighted by atomic mass is 10.2. The van der Waals surface area contributed by atoms with Crippen molar-refractivity contribution < 1.29 is 13.9 Å². The summed E-state index contributed by atoms with van der Waals surface area (Å²) in [5.41, 5.74) is 1.56. The van der Waals surface area contributed by atoms with Crippen molar-refractivity contribution in [2.45, 2.75) is 25.3 Å². The average molecular weight is 449 g/mol. The molecule has 1 amide bonds. The molecule has 1 aliphatic rings. The van der Waals surface area contributed by atoms with Gasteiger partial charge >= 0.3 is 0 Å². The van der Waals surface area contributed by atoms with Gasteiger partial charge in [-0.15, -0.1) is 15.3 Å². The average Bonchev–Trinajstić information content (AvgIpc) is 3.57. The number of benzene rings is 1. The van der Waals surface area contributed by atoms with Gasteiger partial charge in [0.15, 0.2) is 11.5 Å². The molecule has 1 aromatic carbocycles. The first kappa shape index (κ1) is 20.7. The summed E-state index contributed by atoms with van der Waals surface area (Å²) < 4.78 is 21.8. The third-order valence-corrected chi connectivity index (χ3v) is 5.17. The van der Waals surface area contributed by atoms with Gasteiger partial charge in [0, 0.05) is 23.6 Å². The van der Waals surface area contributed by atoms with Crippen molar-refractivity contribution in [2.75, 3.05) is 13.2 Å². The van der Waals surface area contributed by atoms with Gasteiger partial charge in [-0.2, -0.15) is 9.61 Å². The summed E-state index contributed by atoms with van der Waals surface area (Å²) >= 11 is 0. The standard InChI is InChI=1S/C22H20FN7O3/c23-16-3-1-2-15(12-16)22-26-25-18-7-8-20(28-30(18)22)33-11-10-24-19(31)13-29-21(32)9-6-17(27-29)14-4-5-14/h1-3,6-9,12,14H,4-5,10-11,13H2,(H,24,31). The minimum Gasteiger partial charge on any atom is -0.475 e. The van der Waals surface area contributed by atoms with Crippen LogP contribution in [0.25, 0.3) is 17.0 Å². The van der Waals surface area contributed by atoms with Gasteiger partial charge in [0.05, 0.1) is 12.2 Å². The molecule has 3 aromatic heterocycles. The van der Waals surface area contributed by atoms with Gasteiger partial charge in [-0.05, 0) is 37.1 Å². The van der Waals surface area contributed by atoms with Gasteiger partial charge in [-0.25, -0.2) is 9.07 Å². The summed E-state index contributed by atoms with van der Waals surface area (Å²) in [6.07, 6.45) is 2.13. The summed E-state index contributed by atoms with van der Waals surface area (Å²) in [7, 11) is 0. The smallest absolute Gasteiger partial charge is 0.267 e. The predicted octanol–water partition coefficient (Wildman–Crippen LogP) is 1.56. The van der Waals surface area contributed by atoms with E-state index in [4.69, 9.17) is 4.74 Å². The van der Waals surface area contributed by atoms with E-state index in [0.717, 1.165) is 18.5 Å².